The van der Waals surface area contributed by atoms with Crippen LogP contribution in [0.1, 0.15) is 19.1 Å². The van der Waals surface area contributed by atoms with Crippen molar-refractivity contribution >= 4 is 19.2 Å². The lowest BCUT2D eigenvalue weighted by molar-refractivity contribution is -0.0623. The molecule has 1 rings (SSSR count). The van der Waals surface area contributed by atoms with Gasteiger partial charge >= 0.3 is 6.18 Å². The van der Waals surface area contributed by atoms with E-state index in [0.717, 1.165) is 0 Å². The summed E-state index contributed by atoms with van der Waals surface area (Å²) in [5.41, 5.74) is -1.12. The van der Waals surface area contributed by atoms with E-state index in [2.05, 4.69) is 9.99 Å². The molecule has 0 bridgehead atoms. The molecule has 1 aromatic heterocycles. The third-order valence-corrected chi connectivity index (χ3v) is 4.05. The van der Waals surface area contributed by atoms with Crippen LogP contribution in [0.2, 0.25) is 19.6 Å². The Hall–Kier alpha value is -1.24. The molecule has 0 unspecified atom stereocenters. The molecule has 0 aliphatic heterocycles. The minimum Gasteiger partial charge on any atom is -0.464 e. The minimum absolute atomic E-state index is 0.140. The van der Waals surface area contributed by atoms with Gasteiger partial charge in [-0.2, -0.15) is 13.2 Å². The van der Waals surface area contributed by atoms with E-state index in [0.29, 0.717) is 11.8 Å². The molecular formula is C12H18F3NO2Si. The largest absolute Gasteiger partial charge is 0.464 e. The molecule has 0 spiro atoms. The maximum absolute atomic E-state index is 12.9. The molecule has 0 N–H and O–H groups in total. The number of rotatable bonds is 5. The van der Waals surface area contributed by atoms with Crippen molar-refractivity contribution in [1.29, 1.82) is 0 Å². The van der Waals surface area contributed by atoms with Crippen LogP contribution in [-0.2, 0) is 4.84 Å². The van der Waals surface area contributed by atoms with E-state index in [1.807, 2.05) is 19.6 Å². The SMILES string of the molecule is CCCO/N=C(\c1ccc([Si](C)(C)C)o1)C(F)(F)F. The van der Waals surface area contributed by atoms with E-state index in [-0.39, 0.29) is 12.4 Å². The van der Waals surface area contributed by atoms with Gasteiger partial charge < -0.3 is 9.25 Å². The molecule has 0 aromatic carbocycles. The van der Waals surface area contributed by atoms with Gasteiger partial charge in [0.15, 0.2) is 5.76 Å². The molecule has 3 nitrogen and oxygen atoms in total. The monoisotopic (exact) mass is 293 g/mol. The number of nitrogens with zero attached hydrogens (tertiary/aromatic N) is 1. The van der Waals surface area contributed by atoms with Crippen LogP contribution in [-0.4, -0.2) is 26.6 Å². The average Bonchev–Trinajstić information content (AvgIpc) is 2.71. The number of hydrogen-bond acceptors (Lipinski definition) is 3. The zero-order valence-electron chi connectivity index (χ0n) is 11.5. The number of alkyl halides is 3. The Morgan fingerprint density at radius 2 is 1.95 bits per heavy atom. The second-order valence-corrected chi connectivity index (χ2v) is 10.2. The van der Waals surface area contributed by atoms with Crippen molar-refractivity contribution in [2.75, 3.05) is 6.61 Å². The molecule has 0 aliphatic rings. The summed E-state index contributed by atoms with van der Waals surface area (Å²) < 4.78 is 43.9. The van der Waals surface area contributed by atoms with Crippen LogP contribution in [0.15, 0.2) is 21.7 Å². The Bertz CT molecular complexity index is 447. The summed E-state index contributed by atoms with van der Waals surface area (Å²) in [4.78, 5) is 4.64. The van der Waals surface area contributed by atoms with Crippen molar-refractivity contribution in [3.8, 4) is 0 Å². The lowest BCUT2D eigenvalue weighted by atomic mass is 10.3. The van der Waals surface area contributed by atoms with Gasteiger partial charge in [0.05, 0.1) is 5.38 Å². The van der Waals surface area contributed by atoms with Crippen molar-refractivity contribution in [2.24, 2.45) is 5.16 Å². The lowest BCUT2D eigenvalue weighted by Gasteiger charge is -2.12. The van der Waals surface area contributed by atoms with Gasteiger partial charge in [0.25, 0.3) is 0 Å². The summed E-state index contributed by atoms with van der Waals surface area (Å²) in [6.45, 7) is 7.91. The normalized spacial score (nSPS) is 13.7. The lowest BCUT2D eigenvalue weighted by Crippen LogP contribution is -2.36. The molecule has 0 radical (unpaired) electrons. The summed E-state index contributed by atoms with van der Waals surface area (Å²) >= 11 is 0. The highest BCUT2D eigenvalue weighted by Gasteiger charge is 2.40. The molecule has 19 heavy (non-hydrogen) atoms. The van der Waals surface area contributed by atoms with Crippen LogP contribution < -0.4 is 5.38 Å². The van der Waals surface area contributed by atoms with Crippen LogP contribution in [0.3, 0.4) is 0 Å². The van der Waals surface area contributed by atoms with Gasteiger partial charge in [-0.3, -0.25) is 0 Å². The standard InChI is InChI=1S/C12H18F3NO2Si/c1-5-8-17-16-11(12(13,14)15)9-6-7-10(18-9)19(2,3)4/h6-7H,5,8H2,1-4H3/b16-11+. The van der Waals surface area contributed by atoms with E-state index in [4.69, 9.17) is 4.42 Å². The Morgan fingerprint density at radius 3 is 2.37 bits per heavy atom. The van der Waals surface area contributed by atoms with E-state index >= 15 is 0 Å². The Morgan fingerprint density at radius 1 is 1.32 bits per heavy atom. The van der Waals surface area contributed by atoms with Gasteiger partial charge in [-0.25, -0.2) is 0 Å². The summed E-state index contributed by atoms with van der Waals surface area (Å²) in [6.07, 6.45) is -4.00. The van der Waals surface area contributed by atoms with E-state index in [9.17, 15) is 13.2 Å². The van der Waals surface area contributed by atoms with Gasteiger partial charge in [0, 0.05) is 0 Å². The molecular weight excluding hydrogens is 275 g/mol. The molecule has 7 heteroatoms. The molecule has 0 atom stereocenters. The smallest absolute Gasteiger partial charge is 0.440 e. The molecule has 108 valence electrons. The fourth-order valence-electron chi connectivity index (χ4n) is 1.31. The van der Waals surface area contributed by atoms with Gasteiger partial charge in [-0.1, -0.05) is 31.7 Å². The molecule has 1 aromatic rings. The summed E-state index contributed by atoms with van der Waals surface area (Å²) in [5, 5.41) is 3.77. The van der Waals surface area contributed by atoms with E-state index < -0.39 is 20.0 Å². The van der Waals surface area contributed by atoms with Crippen molar-refractivity contribution in [3.63, 3.8) is 0 Å². The number of hydrogen-bond donors (Lipinski definition) is 0. The Labute approximate surface area is 111 Å². The molecule has 0 amide bonds. The fourth-order valence-corrected chi connectivity index (χ4v) is 2.31. The Kier molecular flexibility index (Phi) is 4.84. The predicted molar refractivity (Wildman–Crippen MR) is 70.5 cm³/mol. The zero-order chi connectivity index (χ0) is 14.7. The Balaban J connectivity index is 3.06. The second-order valence-electron chi connectivity index (χ2n) is 5.18. The van der Waals surface area contributed by atoms with E-state index in [1.165, 1.54) is 6.07 Å². The van der Waals surface area contributed by atoms with Crippen LogP contribution in [0.5, 0.6) is 0 Å². The molecule has 0 saturated carbocycles. The van der Waals surface area contributed by atoms with Crippen molar-refractivity contribution in [2.45, 2.75) is 39.2 Å². The van der Waals surface area contributed by atoms with Gasteiger partial charge in [-0.15, -0.1) is 0 Å². The van der Waals surface area contributed by atoms with Crippen molar-refractivity contribution < 1.29 is 22.4 Å². The van der Waals surface area contributed by atoms with Crippen LogP contribution in [0.25, 0.3) is 0 Å². The summed E-state index contributed by atoms with van der Waals surface area (Å²) in [6, 6.07) is 2.89. The molecule has 0 fully saturated rings. The average molecular weight is 293 g/mol. The first-order chi connectivity index (χ1) is 8.66. The highest BCUT2D eigenvalue weighted by atomic mass is 28.3. The van der Waals surface area contributed by atoms with Crippen molar-refractivity contribution in [1.82, 2.24) is 0 Å². The van der Waals surface area contributed by atoms with E-state index in [1.54, 1.807) is 13.0 Å². The van der Waals surface area contributed by atoms with Crippen LogP contribution in [0.4, 0.5) is 13.2 Å². The van der Waals surface area contributed by atoms with Crippen LogP contribution >= 0.6 is 0 Å². The third kappa shape index (κ3) is 4.41. The maximum atomic E-state index is 12.9. The van der Waals surface area contributed by atoms with Gasteiger partial charge in [0.1, 0.15) is 14.7 Å². The minimum atomic E-state index is -4.59. The molecule has 1 heterocycles. The third-order valence-electron chi connectivity index (χ3n) is 2.30. The predicted octanol–water partition coefficient (Wildman–Crippen LogP) is 3.52. The first kappa shape index (κ1) is 15.8. The highest BCUT2D eigenvalue weighted by molar-refractivity contribution is 6.87. The topological polar surface area (TPSA) is 34.7 Å². The number of furan rings is 1. The second kappa shape index (κ2) is 5.81. The summed E-state index contributed by atoms with van der Waals surface area (Å²) in [7, 11) is -1.79. The number of halogens is 3. The van der Waals surface area contributed by atoms with Gasteiger partial charge in [0.2, 0.25) is 5.71 Å². The van der Waals surface area contributed by atoms with Gasteiger partial charge in [-0.05, 0) is 18.6 Å². The first-order valence-electron chi connectivity index (χ1n) is 6.04. The van der Waals surface area contributed by atoms with Crippen molar-refractivity contribution in [3.05, 3.63) is 17.9 Å². The zero-order valence-corrected chi connectivity index (χ0v) is 12.5. The fraction of sp³-hybridized carbons (Fsp3) is 0.583. The first-order valence-corrected chi connectivity index (χ1v) is 9.54. The number of oxime groups is 1. The summed E-state index contributed by atoms with van der Waals surface area (Å²) in [5.74, 6) is -0.291. The maximum Gasteiger partial charge on any atom is 0.440 e. The molecule has 0 saturated heterocycles. The molecule has 0 aliphatic carbocycles. The quantitative estimate of drug-likeness (QED) is 0.360. The van der Waals surface area contributed by atoms with Crippen LogP contribution in [0, 0.1) is 0 Å². The highest BCUT2D eigenvalue weighted by Crippen LogP contribution is 2.23.